The van der Waals surface area contributed by atoms with E-state index in [4.69, 9.17) is 14.6 Å². The third-order valence-corrected chi connectivity index (χ3v) is 3.22. The lowest BCUT2D eigenvalue weighted by atomic mass is 10.2. The zero-order valence-electron chi connectivity index (χ0n) is 9.84. The van der Waals surface area contributed by atoms with Gasteiger partial charge < -0.3 is 14.6 Å². The Bertz CT molecular complexity index is 557. The largest absolute Gasteiger partial charge is 0.496 e. The van der Waals surface area contributed by atoms with Crippen molar-refractivity contribution in [2.75, 3.05) is 14.2 Å². The highest BCUT2D eigenvalue weighted by atomic mass is 32.1. The number of aromatic carboxylic acids is 1. The quantitative estimate of drug-likeness (QED) is 0.920. The number of hydrogen-bond acceptors (Lipinski definition) is 5. The van der Waals surface area contributed by atoms with Gasteiger partial charge in [0.2, 0.25) is 0 Å². The van der Waals surface area contributed by atoms with Crippen molar-refractivity contribution >= 4 is 17.3 Å². The summed E-state index contributed by atoms with van der Waals surface area (Å²) in [5.41, 5.74) is 0.683. The number of methoxy groups -OCH3 is 2. The molecule has 0 aliphatic heterocycles. The van der Waals surface area contributed by atoms with Crippen LogP contribution in [0.4, 0.5) is 0 Å². The molecule has 0 saturated carbocycles. The summed E-state index contributed by atoms with van der Waals surface area (Å²) < 4.78 is 10.5. The van der Waals surface area contributed by atoms with Crippen LogP contribution in [0.15, 0.2) is 23.6 Å². The van der Waals surface area contributed by atoms with Gasteiger partial charge in [0.15, 0.2) is 5.69 Å². The Morgan fingerprint density at radius 3 is 2.33 bits per heavy atom. The molecule has 0 fully saturated rings. The Labute approximate surface area is 108 Å². The molecule has 0 radical (unpaired) electrons. The molecule has 1 aromatic carbocycles. The maximum atomic E-state index is 10.8. The van der Waals surface area contributed by atoms with Gasteiger partial charge in [-0.3, -0.25) is 0 Å². The van der Waals surface area contributed by atoms with Gasteiger partial charge in [0, 0.05) is 5.38 Å². The zero-order valence-corrected chi connectivity index (χ0v) is 10.7. The summed E-state index contributed by atoms with van der Waals surface area (Å²) in [5.74, 6) is 0.146. The molecule has 94 valence electrons. The molecule has 0 spiro atoms. The Morgan fingerprint density at radius 1 is 1.28 bits per heavy atom. The molecule has 0 bridgehead atoms. The van der Waals surface area contributed by atoms with Crippen LogP contribution in [0.1, 0.15) is 10.5 Å². The fourth-order valence-corrected chi connectivity index (χ4v) is 2.40. The van der Waals surface area contributed by atoms with E-state index in [1.54, 1.807) is 32.4 Å². The molecular weight excluding hydrogens is 254 g/mol. The van der Waals surface area contributed by atoms with Crippen LogP contribution in [0.5, 0.6) is 11.5 Å². The maximum Gasteiger partial charge on any atom is 0.355 e. The average molecular weight is 265 g/mol. The lowest BCUT2D eigenvalue weighted by Gasteiger charge is -2.10. The zero-order chi connectivity index (χ0) is 13.1. The van der Waals surface area contributed by atoms with Crippen molar-refractivity contribution in [2.45, 2.75) is 0 Å². The first-order valence-electron chi connectivity index (χ1n) is 5.07. The van der Waals surface area contributed by atoms with Crippen LogP contribution in [0.3, 0.4) is 0 Å². The Kier molecular flexibility index (Phi) is 3.47. The minimum atomic E-state index is -1.05. The Balaban J connectivity index is 2.57. The van der Waals surface area contributed by atoms with E-state index in [9.17, 15) is 4.79 Å². The average Bonchev–Trinajstić information content (AvgIpc) is 2.87. The Hall–Kier alpha value is -2.08. The number of carboxylic acids is 1. The second-order valence-corrected chi connectivity index (χ2v) is 4.24. The van der Waals surface area contributed by atoms with Crippen molar-refractivity contribution in [3.05, 3.63) is 29.3 Å². The summed E-state index contributed by atoms with van der Waals surface area (Å²) >= 11 is 1.24. The van der Waals surface area contributed by atoms with Crippen molar-refractivity contribution in [2.24, 2.45) is 0 Å². The molecule has 5 nitrogen and oxygen atoms in total. The predicted octanol–water partition coefficient (Wildman–Crippen LogP) is 2.53. The SMILES string of the molecule is COc1cccc(OC)c1-c1nc(C(=O)O)cs1. The molecule has 2 rings (SSSR count). The van der Waals surface area contributed by atoms with Gasteiger partial charge in [-0.05, 0) is 12.1 Å². The monoisotopic (exact) mass is 265 g/mol. The van der Waals surface area contributed by atoms with E-state index in [-0.39, 0.29) is 5.69 Å². The minimum Gasteiger partial charge on any atom is -0.496 e. The van der Waals surface area contributed by atoms with Crippen molar-refractivity contribution in [3.63, 3.8) is 0 Å². The van der Waals surface area contributed by atoms with Gasteiger partial charge in [-0.1, -0.05) is 6.07 Å². The molecule has 0 atom stereocenters. The minimum absolute atomic E-state index is 0.0166. The number of benzene rings is 1. The number of thiazole rings is 1. The van der Waals surface area contributed by atoms with Crippen molar-refractivity contribution in [1.82, 2.24) is 4.98 Å². The number of ether oxygens (including phenoxy) is 2. The second-order valence-electron chi connectivity index (χ2n) is 3.38. The van der Waals surface area contributed by atoms with Crippen molar-refractivity contribution in [1.29, 1.82) is 0 Å². The number of hydrogen-bond donors (Lipinski definition) is 1. The van der Waals surface area contributed by atoms with Crippen molar-refractivity contribution in [3.8, 4) is 22.1 Å². The van der Waals surface area contributed by atoms with E-state index in [0.29, 0.717) is 22.1 Å². The molecule has 2 aromatic rings. The number of nitrogens with zero attached hydrogens (tertiary/aromatic N) is 1. The molecule has 6 heteroatoms. The van der Waals surface area contributed by atoms with Gasteiger partial charge in [-0.25, -0.2) is 9.78 Å². The summed E-state index contributed by atoms with van der Waals surface area (Å²) in [4.78, 5) is 14.9. The predicted molar refractivity (Wildman–Crippen MR) is 67.6 cm³/mol. The van der Waals surface area contributed by atoms with Gasteiger partial charge >= 0.3 is 5.97 Å². The van der Waals surface area contributed by atoms with Crippen molar-refractivity contribution < 1.29 is 19.4 Å². The molecule has 0 aliphatic rings. The first-order valence-corrected chi connectivity index (χ1v) is 5.95. The molecular formula is C12H11NO4S. The maximum absolute atomic E-state index is 10.8. The van der Waals surface area contributed by atoms with Gasteiger partial charge in [-0.15, -0.1) is 11.3 Å². The highest BCUT2D eigenvalue weighted by Crippen LogP contribution is 2.39. The summed E-state index contributed by atoms with van der Waals surface area (Å²) in [7, 11) is 3.09. The first kappa shape index (κ1) is 12.4. The fraction of sp³-hybridized carbons (Fsp3) is 0.167. The summed E-state index contributed by atoms with van der Waals surface area (Å²) in [5, 5.41) is 10.9. The third-order valence-electron chi connectivity index (χ3n) is 2.36. The van der Waals surface area contributed by atoms with Crippen LogP contribution in [-0.4, -0.2) is 30.3 Å². The van der Waals surface area contributed by atoms with E-state index < -0.39 is 5.97 Å². The number of carboxylic acid groups (broad SMARTS) is 1. The number of rotatable bonds is 4. The van der Waals surface area contributed by atoms with E-state index >= 15 is 0 Å². The molecule has 0 aliphatic carbocycles. The molecule has 1 N–H and O–H groups in total. The Morgan fingerprint density at radius 2 is 1.89 bits per heavy atom. The standard InChI is InChI=1S/C12H11NO4S/c1-16-8-4-3-5-9(17-2)10(8)11-13-7(6-18-11)12(14)15/h3-6H,1-2H3,(H,14,15). The van der Waals surface area contributed by atoms with E-state index in [1.165, 1.54) is 16.7 Å². The van der Waals surface area contributed by atoms with E-state index in [2.05, 4.69) is 4.98 Å². The topological polar surface area (TPSA) is 68.7 Å². The van der Waals surface area contributed by atoms with Crippen LogP contribution in [0.25, 0.3) is 10.6 Å². The van der Waals surface area contributed by atoms with Crippen LogP contribution in [-0.2, 0) is 0 Å². The molecule has 0 unspecified atom stereocenters. The van der Waals surface area contributed by atoms with Crippen LogP contribution in [0.2, 0.25) is 0 Å². The molecule has 18 heavy (non-hydrogen) atoms. The second kappa shape index (κ2) is 5.05. The fourth-order valence-electron chi connectivity index (χ4n) is 1.55. The van der Waals surface area contributed by atoms with Gasteiger partial charge in [0.05, 0.1) is 19.8 Å². The van der Waals surface area contributed by atoms with E-state index in [0.717, 1.165) is 0 Å². The first-order chi connectivity index (χ1) is 8.67. The molecule has 1 heterocycles. The van der Waals surface area contributed by atoms with E-state index in [1.807, 2.05) is 0 Å². The normalized spacial score (nSPS) is 10.1. The van der Waals surface area contributed by atoms with Crippen LogP contribution >= 0.6 is 11.3 Å². The van der Waals surface area contributed by atoms with Crippen LogP contribution in [0, 0.1) is 0 Å². The third kappa shape index (κ3) is 2.14. The summed E-state index contributed by atoms with van der Waals surface area (Å²) in [6, 6.07) is 5.35. The number of aromatic nitrogens is 1. The highest BCUT2D eigenvalue weighted by Gasteiger charge is 2.17. The highest BCUT2D eigenvalue weighted by molar-refractivity contribution is 7.13. The lowest BCUT2D eigenvalue weighted by Crippen LogP contribution is -1.97. The van der Waals surface area contributed by atoms with Gasteiger partial charge in [0.1, 0.15) is 16.5 Å². The molecule has 0 amide bonds. The lowest BCUT2D eigenvalue weighted by molar-refractivity contribution is 0.0691. The van der Waals surface area contributed by atoms with Gasteiger partial charge in [-0.2, -0.15) is 0 Å². The molecule has 1 aromatic heterocycles. The smallest absolute Gasteiger partial charge is 0.355 e. The van der Waals surface area contributed by atoms with Crippen LogP contribution < -0.4 is 9.47 Å². The van der Waals surface area contributed by atoms with Gasteiger partial charge in [0.25, 0.3) is 0 Å². The molecule has 0 saturated heterocycles. The summed E-state index contributed by atoms with van der Waals surface area (Å²) in [6.07, 6.45) is 0. The summed E-state index contributed by atoms with van der Waals surface area (Å²) in [6.45, 7) is 0. The number of carbonyl (C=O) groups is 1.